The number of methoxy groups -OCH3 is 1. The lowest BCUT2D eigenvalue weighted by Crippen LogP contribution is -2.19. The van der Waals surface area contributed by atoms with Crippen LogP contribution in [0.15, 0.2) is 18.2 Å². The molecule has 1 atom stereocenters. The van der Waals surface area contributed by atoms with Gasteiger partial charge >= 0.3 is 0 Å². The van der Waals surface area contributed by atoms with Crippen molar-refractivity contribution in [3.05, 3.63) is 23.8 Å². The molecular formula is C15H24N2OS. The monoisotopic (exact) mass is 280 g/mol. The Kier molecular flexibility index (Phi) is 6.64. The number of unbranched alkanes of at least 4 members (excludes halogenated alkanes) is 2. The predicted octanol–water partition coefficient (Wildman–Crippen LogP) is 3.71. The summed E-state index contributed by atoms with van der Waals surface area (Å²) in [6.07, 6.45) is 4.88. The van der Waals surface area contributed by atoms with Gasteiger partial charge in [-0.1, -0.05) is 38.4 Å². The zero-order valence-corrected chi connectivity index (χ0v) is 12.8. The van der Waals surface area contributed by atoms with Crippen LogP contribution in [0.3, 0.4) is 0 Å². The first-order chi connectivity index (χ1) is 9.08. The number of nitrogens with two attached hydrogens (primary N) is 1. The lowest BCUT2D eigenvalue weighted by Gasteiger charge is -2.18. The average molecular weight is 280 g/mol. The maximum Gasteiger partial charge on any atom is 0.120 e. The summed E-state index contributed by atoms with van der Waals surface area (Å²) in [7, 11) is 1.66. The van der Waals surface area contributed by atoms with Crippen molar-refractivity contribution in [3.8, 4) is 5.75 Å². The summed E-state index contributed by atoms with van der Waals surface area (Å²) in [6, 6.07) is 6.13. The van der Waals surface area contributed by atoms with Crippen LogP contribution in [0, 0.1) is 0 Å². The first-order valence-electron chi connectivity index (χ1n) is 6.82. The number of benzene rings is 1. The molecule has 1 aromatic rings. The minimum Gasteiger partial charge on any atom is -0.497 e. The van der Waals surface area contributed by atoms with E-state index >= 15 is 0 Å². The SMILES string of the molecule is CCCCCC(C)Nc1cc(OC)ccc1C(N)=S. The van der Waals surface area contributed by atoms with Crippen LogP contribution < -0.4 is 15.8 Å². The molecule has 0 saturated heterocycles. The quantitative estimate of drug-likeness (QED) is 0.563. The second-order valence-electron chi connectivity index (χ2n) is 4.82. The zero-order chi connectivity index (χ0) is 14.3. The van der Waals surface area contributed by atoms with Gasteiger partial charge in [0.15, 0.2) is 0 Å². The van der Waals surface area contributed by atoms with Crippen LogP contribution in [0.1, 0.15) is 45.1 Å². The minimum absolute atomic E-state index is 0.395. The van der Waals surface area contributed by atoms with Crippen LogP contribution in [0.25, 0.3) is 0 Å². The summed E-state index contributed by atoms with van der Waals surface area (Å²) in [5.41, 5.74) is 7.58. The highest BCUT2D eigenvalue weighted by molar-refractivity contribution is 7.80. The van der Waals surface area contributed by atoms with Crippen molar-refractivity contribution < 1.29 is 4.74 Å². The van der Waals surface area contributed by atoms with Crippen LogP contribution in [0.4, 0.5) is 5.69 Å². The molecule has 0 aliphatic rings. The second-order valence-corrected chi connectivity index (χ2v) is 5.26. The normalized spacial score (nSPS) is 11.9. The van der Waals surface area contributed by atoms with Gasteiger partial charge in [-0.05, 0) is 25.5 Å². The largest absolute Gasteiger partial charge is 0.497 e. The van der Waals surface area contributed by atoms with E-state index in [0.29, 0.717) is 11.0 Å². The van der Waals surface area contributed by atoms with E-state index in [1.807, 2.05) is 18.2 Å². The molecule has 0 amide bonds. The lowest BCUT2D eigenvalue weighted by atomic mass is 10.1. The Labute approximate surface area is 121 Å². The molecular weight excluding hydrogens is 256 g/mol. The van der Waals surface area contributed by atoms with E-state index in [9.17, 15) is 0 Å². The van der Waals surface area contributed by atoms with Gasteiger partial charge in [0, 0.05) is 23.4 Å². The van der Waals surface area contributed by atoms with Crippen LogP contribution in [-0.4, -0.2) is 18.1 Å². The topological polar surface area (TPSA) is 47.3 Å². The second kappa shape index (κ2) is 8.00. The fraction of sp³-hybridized carbons (Fsp3) is 0.533. The van der Waals surface area contributed by atoms with E-state index in [2.05, 4.69) is 19.2 Å². The smallest absolute Gasteiger partial charge is 0.120 e. The first-order valence-corrected chi connectivity index (χ1v) is 7.23. The molecule has 0 aliphatic heterocycles. The Balaban J connectivity index is 2.76. The molecule has 3 N–H and O–H groups in total. The van der Waals surface area contributed by atoms with Gasteiger partial charge in [-0.25, -0.2) is 0 Å². The number of hydrogen-bond donors (Lipinski definition) is 2. The van der Waals surface area contributed by atoms with E-state index in [0.717, 1.165) is 23.4 Å². The molecule has 0 radical (unpaired) electrons. The Bertz CT molecular complexity index is 421. The van der Waals surface area contributed by atoms with E-state index in [1.165, 1.54) is 19.3 Å². The number of ether oxygens (including phenoxy) is 1. The van der Waals surface area contributed by atoms with Crippen molar-refractivity contribution in [1.29, 1.82) is 0 Å². The van der Waals surface area contributed by atoms with Gasteiger partial charge < -0.3 is 15.8 Å². The highest BCUT2D eigenvalue weighted by atomic mass is 32.1. The van der Waals surface area contributed by atoms with Crippen molar-refractivity contribution in [2.24, 2.45) is 5.73 Å². The highest BCUT2D eigenvalue weighted by Crippen LogP contribution is 2.24. The molecule has 0 aliphatic carbocycles. The summed E-state index contributed by atoms with van der Waals surface area (Å²) < 4.78 is 5.25. The van der Waals surface area contributed by atoms with Gasteiger partial charge in [0.25, 0.3) is 0 Å². The molecule has 1 rings (SSSR count). The summed E-state index contributed by atoms with van der Waals surface area (Å²) in [5, 5.41) is 3.48. The number of nitrogens with one attached hydrogen (secondary N) is 1. The molecule has 0 spiro atoms. The molecule has 3 nitrogen and oxygen atoms in total. The van der Waals surface area contributed by atoms with Crippen LogP contribution in [-0.2, 0) is 0 Å². The van der Waals surface area contributed by atoms with Gasteiger partial charge in [-0.3, -0.25) is 0 Å². The first kappa shape index (κ1) is 15.8. The maximum absolute atomic E-state index is 5.75. The van der Waals surface area contributed by atoms with Crippen LogP contribution >= 0.6 is 12.2 Å². The van der Waals surface area contributed by atoms with E-state index in [1.54, 1.807) is 7.11 Å². The average Bonchev–Trinajstić information content (AvgIpc) is 2.38. The van der Waals surface area contributed by atoms with E-state index in [-0.39, 0.29) is 0 Å². The van der Waals surface area contributed by atoms with Crippen LogP contribution in [0.5, 0.6) is 5.75 Å². The zero-order valence-electron chi connectivity index (χ0n) is 12.0. The Morgan fingerprint density at radius 1 is 1.42 bits per heavy atom. The van der Waals surface area contributed by atoms with Crippen molar-refractivity contribution in [2.45, 2.75) is 45.6 Å². The van der Waals surface area contributed by atoms with Crippen molar-refractivity contribution in [2.75, 3.05) is 12.4 Å². The third kappa shape index (κ3) is 5.07. The Hall–Kier alpha value is -1.29. The predicted molar refractivity (Wildman–Crippen MR) is 86.1 cm³/mol. The molecule has 0 fully saturated rings. The van der Waals surface area contributed by atoms with Gasteiger partial charge in [0.05, 0.1) is 7.11 Å². The molecule has 0 heterocycles. The fourth-order valence-corrected chi connectivity index (χ4v) is 2.20. The standard InChI is InChI=1S/C15H24N2OS/c1-4-5-6-7-11(2)17-14-10-12(18-3)8-9-13(14)15(16)19/h8-11,17H,4-7H2,1-3H3,(H2,16,19). The van der Waals surface area contributed by atoms with E-state index in [4.69, 9.17) is 22.7 Å². The number of anilines is 1. The van der Waals surface area contributed by atoms with Gasteiger partial charge in [0.2, 0.25) is 0 Å². The summed E-state index contributed by atoms with van der Waals surface area (Å²) >= 11 is 5.09. The van der Waals surface area contributed by atoms with Gasteiger partial charge in [0.1, 0.15) is 10.7 Å². The van der Waals surface area contributed by atoms with Crippen LogP contribution in [0.2, 0.25) is 0 Å². The number of rotatable bonds is 8. The van der Waals surface area contributed by atoms with Crippen molar-refractivity contribution >= 4 is 22.9 Å². The Morgan fingerprint density at radius 3 is 2.74 bits per heavy atom. The third-order valence-corrected chi connectivity index (χ3v) is 3.35. The third-order valence-electron chi connectivity index (χ3n) is 3.13. The fourth-order valence-electron chi connectivity index (χ4n) is 2.02. The highest BCUT2D eigenvalue weighted by Gasteiger charge is 2.09. The molecule has 1 aromatic carbocycles. The molecule has 106 valence electrons. The Morgan fingerprint density at radius 2 is 2.16 bits per heavy atom. The molecule has 0 bridgehead atoms. The maximum atomic E-state index is 5.75. The molecule has 4 heteroatoms. The lowest BCUT2D eigenvalue weighted by molar-refractivity contribution is 0.415. The van der Waals surface area contributed by atoms with Gasteiger partial charge in [-0.15, -0.1) is 0 Å². The number of hydrogen-bond acceptors (Lipinski definition) is 3. The summed E-state index contributed by atoms with van der Waals surface area (Å²) in [5.74, 6) is 0.809. The molecule has 0 aromatic heterocycles. The summed E-state index contributed by atoms with van der Waals surface area (Å²) in [6.45, 7) is 4.39. The summed E-state index contributed by atoms with van der Waals surface area (Å²) in [4.78, 5) is 0.408. The van der Waals surface area contributed by atoms with Crippen molar-refractivity contribution in [1.82, 2.24) is 0 Å². The van der Waals surface area contributed by atoms with Crippen molar-refractivity contribution in [3.63, 3.8) is 0 Å². The van der Waals surface area contributed by atoms with Gasteiger partial charge in [-0.2, -0.15) is 0 Å². The molecule has 1 unspecified atom stereocenters. The molecule has 0 saturated carbocycles. The number of thiocarbonyl (C=S) groups is 1. The minimum atomic E-state index is 0.395. The molecule has 19 heavy (non-hydrogen) atoms. The van der Waals surface area contributed by atoms with E-state index < -0.39 is 0 Å².